The van der Waals surface area contributed by atoms with Gasteiger partial charge in [-0.05, 0) is 30.3 Å². The van der Waals surface area contributed by atoms with Crippen LogP contribution >= 0.6 is 15.9 Å². The minimum absolute atomic E-state index is 0.0408. The lowest BCUT2D eigenvalue weighted by molar-refractivity contribution is -0.138. The van der Waals surface area contributed by atoms with E-state index in [9.17, 15) is 17.6 Å². The number of hydrogen-bond donors (Lipinski definition) is 1. The van der Waals surface area contributed by atoms with Crippen molar-refractivity contribution in [2.24, 2.45) is 0 Å². The summed E-state index contributed by atoms with van der Waals surface area (Å²) in [5, 5.41) is 0. The molecule has 21 heavy (non-hydrogen) atoms. The van der Waals surface area contributed by atoms with Gasteiger partial charge in [-0.2, -0.15) is 13.2 Å². The zero-order valence-corrected chi connectivity index (χ0v) is 11.9. The number of aromatic amines is 1. The van der Waals surface area contributed by atoms with Crippen LogP contribution in [0.2, 0.25) is 0 Å². The molecule has 2 nitrogen and oxygen atoms in total. The fourth-order valence-electron chi connectivity index (χ4n) is 2.01. The molecule has 0 radical (unpaired) electrons. The minimum atomic E-state index is -4.47. The number of halogens is 5. The molecular formula is C14H7BrF4N2. The Morgan fingerprint density at radius 3 is 2.52 bits per heavy atom. The van der Waals surface area contributed by atoms with Crippen molar-refractivity contribution in [3.05, 3.63) is 52.3 Å². The number of nitrogens with one attached hydrogen (secondary N) is 1. The third kappa shape index (κ3) is 2.65. The van der Waals surface area contributed by atoms with E-state index >= 15 is 0 Å². The molecule has 0 aliphatic rings. The average Bonchev–Trinajstić information content (AvgIpc) is 2.80. The zero-order valence-electron chi connectivity index (χ0n) is 10.3. The second kappa shape index (κ2) is 4.84. The Balaban J connectivity index is 2.14. The quantitative estimate of drug-likeness (QED) is 0.598. The highest BCUT2D eigenvalue weighted by Crippen LogP contribution is 2.37. The van der Waals surface area contributed by atoms with Gasteiger partial charge in [-0.1, -0.05) is 22.0 Å². The third-order valence-electron chi connectivity index (χ3n) is 2.99. The number of aromatic nitrogens is 2. The molecule has 3 rings (SSSR count). The van der Waals surface area contributed by atoms with E-state index in [0.717, 1.165) is 6.07 Å². The van der Waals surface area contributed by atoms with E-state index in [1.165, 1.54) is 30.3 Å². The summed E-state index contributed by atoms with van der Waals surface area (Å²) in [7, 11) is 0. The summed E-state index contributed by atoms with van der Waals surface area (Å²) in [6.45, 7) is 0. The lowest BCUT2D eigenvalue weighted by Crippen LogP contribution is -2.06. The highest BCUT2D eigenvalue weighted by Gasteiger charge is 2.33. The highest BCUT2D eigenvalue weighted by molar-refractivity contribution is 9.10. The van der Waals surface area contributed by atoms with Crippen molar-refractivity contribution >= 4 is 27.0 Å². The van der Waals surface area contributed by atoms with Crippen molar-refractivity contribution in [3.63, 3.8) is 0 Å². The molecular weight excluding hydrogens is 352 g/mol. The van der Waals surface area contributed by atoms with E-state index in [2.05, 4.69) is 25.9 Å². The number of nitrogens with zero attached hydrogens (tertiary/aromatic N) is 1. The normalized spacial score (nSPS) is 12.0. The Morgan fingerprint density at radius 2 is 1.81 bits per heavy atom. The Bertz CT molecular complexity index is 823. The first kappa shape index (κ1) is 14.1. The van der Waals surface area contributed by atoms with Crippen LogP contribution in [0, 0.1) is 5.82 Å². The molecule has 3 aromatic rings. The fourth-order valence-corrected chi connectivity index (χ4v) is 2.48. The largest absolute Gasteiger partial charge is 0.417 e. The number of H-pyrrole nitrogens is 1. The van der Waals surface area contributed by atoms with Gasteiger partial charge >= 0.3 is 6.18 Å². The topological polar surface area (TPSA) is 28.7 Å². The summed E-state index contributed by atoms with van der Waals surface area (Å²) < 4.78 is 51.8. The maximum atomic E-state index is 13.1. The molecule has 0 unspecified atom stereocenters. The van der Waals surface area contributed by atoms with Crippen LogP contribution in [0.15, 0.2) is 40.9 Å². The third-order valence-corrected chi connectivity index (χ3v) is 3.68. The van der Waals surface area contributed by atoms with Gasteiger partial charge < -0.3 is 4.98 Å². The van der Waals surface area contributed by atoms with E-state index in [1.54, 1.807) is 0 Å². The second-order valence-electron chi connectivity index (χ2n) is 4.44. The van der Waals surface area contributed by atoms with Gasteiger partial charge in [-0.15, -0.1) is 0 Å². The summed E-state index contributed by atoms with van der Waals surface area (Å²) in [6.07, 6.45) is -4.47. The Morgan fingerprint density at radius 1 is 1.05 bits per heavy atom. The Hall–Kier alpha value is -1.89. The molecule has 0 amide bonds. The average molecular weight is 359 g/mol. The summed E-state index contributed by atoms with van der Waals surface area (Å²) in [6, 6.07) is 7.77. The molecule has 1 aromatic heterocycles. The maximum Gasteiger partial charge on any atom is 0.417 e. The molecule has 2 aromatic carbocycles. The fraction of sp³-hybridized carbons (Fsp3) is 0.0714. The Kier molecular flexibility index (Phi) is 3.24. The molecule has 0 atom stereocenters. The van der Waals surface area contributed by atoms with Crippen LogP contribution < -0.4 is 0 Å². The Labute approximate surface area is 124 Å². The highest BCUT2D eigenvalue weighted by atomic mass is 79.9. The standard InChI is InChI=1S/C14H7BrF4N2/c15-10-3-1-7(5-9(10)14(17,18)19)13-20-11-4-2-8(16)6-12(11)21-13/h1-6H,(H,20,21). The molecule has 0 spiro atoms. The number of alkyl halides is 3. The second-order valence-corrected chi connectivity index (χ2v) is 5.29. The molecule has 0 aliphatic carbocycles. The van der Waals surface area contributed by atoms with Gasteiger partial charge in [0, 0.05) is 10.0 Å². The number of imidazole rings is 1. The maximum absolute atomic E-state index is 13.1. The number of hydrogen-bond acceptors (Lipinski definition) is 1. The summed E-state index contributed by atoms with van der Waals surface area (Å²) >= 11 is 2.88. The summed E-state index contributed by atoms with van der Waals surface area (Å²) in [5.41, 5.74) is 0.415. The van der Waals surface area contributed by atoms with E-state index < -0.39 is 17.6 Å². The SMILES string of the molecule is Fc1ccc2nc(-c3ccc(Br)c(C(F)(F)F)c3)[nH]c2c1. The lowest BCUT2D eigenvalue weighted by atomic mass is 10.1. The summed E-state index contributed by atoms with van der Waals surface area (Å²) in [4.78, 5) is 6.99. The van der Waals surface area contributed by atoms with E-state index in [4.69, 9.17) is 0 Å². The first-order chi connectivity index (χ1) is 9.84. The van der Waals surface area contributed by atoms with Gasteiger partial charge in [-0.3, -0.25) is 0 Å². The van der Waals surface area contributed by atoms with Gasteiger partial charge in [0.05, 0.1) is 16.6 Å². The lowest BCUT2D eigenvalue weighted by Gasteiger charge is -2.10. The van der Waals surface area contributed by atoms with E-state index in [-0.39, 0.29) is 15.9 Å². The molecule has 1 N–H and O–H groups in total. The van der Waals surface area contributed by atoms with Crippen LogP contribution in [0.4, 0.5) is 17.6 Å². The predicted octanol–water partition coefficient (Wildman–Crippen LogP) is 5.15. The zero-order chi connectivity index (χ0) is 15.2. The van der Waals surface area contributed by atoms with Gasteiger partial charge in [-0.25, -0.2) is 9.37 Å². The van der Waals surface area contributed by atoms with Gasteiger partial charge in [0.1, 0.15) is 11.6 Å². The van der Waals surface area contributed by atoms with Gasteiger partial charge in [0.25, 0.3) is 0 Å². The molecule has 0 fully saturated rings. The van der Waals surface area contributed by atoms with Gasteiger partial charge in [0.15, 0.2) is 0 Å². The van der Waals surface area contributed by atoms with Crippen molar-refractivity contribution in [3.8, 4) is 11.4 Å². The number of benzene rings is 2. The van der Waals surface area contributed by atoms with Crippen molar-refractivity contribution in [1.29, 1.82) is 0 Å². The van der Waals surface area contributed by atoms with Crippen LogP contribution in [-0.2, 0) is 6.18 Å². The van der Waals surface area contributed by atoms with Crippen LogP contribution in [0.25, 0.3) is 22.4 Å². The van der Waals surface area contributed by atoms with Crippen molar-refractivity contribution in [2.45, 2.75) is 6.18 Å². The van der Waals surface area contributed by atoms with Crippen molar-refractivity contribution in [1.82, 2.24) is 9.97 Å². The molecule has 1 heterocycles. The van der Waals surface area contributed by atoms with Crippen molar-refractivity contribution < 1.29 is 17.6 Å². The monoisotopic (exact) mass is 358 g/mol. The van der Waals surface area contributed by atoms with E-state index in [0.29, 0.717) is 11.0 Å². The molecule has 0 saturated heterocycles. The minimum Gasteiger partial charge on any atom is -0.338 e. The number of fused-ring (bicyclic) bond motifs is 1. The molecule has 108 valence electrons. The van der Waals surface area contributed by atoms with Crippen LogP contribution in [0.3, 0.4) is 0 Å². The first-order valence-electron chi connectivity index (χ1n) is 5.87. The van der Waals surface area contributed by atoms with Crippen molar-refractivity contribution in [2.75, 3.05) is 0 Å². The predicted molar refractivity (Wildman–Crippen MR) is 74.2 cm³/mol. The van der Waals surface area contributed by atoms with E-state index in [1.807, 2.05) is 0 Å². The van der Waals surface area contributed by atoms with Gasteiger partial charge in [0.2, 0.25) is 0 Å². The molecule has 0 saturated carbocycles. The first-order valence-corrected chi connectivity index (χ1v) is 6.66. The summed E-state index contributed by atoms with van der Waals surface area (Å²) in [5.74, 6) is -0.182. The number of rotatable bonds is 1. The van der Waals surface area contributed by atoms with Crippen LogP contribution in [0.1, 0.15) is 5.56 Å². The molecule has 7 heteroatoms. The smallest absolute Gasteiger partial charge is 0.338 e. The molecule has 0 aliphatic heterocycles. The van der Waals surface area contributed by atoms with Crippen LogP contribution in [-0.4, -0.2) is 9.97 Å². The van der Waals surface area contributed by atoms with Crippen LogP contribution in [0.5, 0.6) is 0 Å². The molecule has 0 bridgehead atoms.